The molecule has 0 aromatic heterocycles. The van der Waals surface area contributed by atoms with Crippen LogP contribution in [0.5, 0.6) is 5.75 Å². The Labute approximate surface area is 418 Å². The van der Waals surface area contributed by atoms with E-state index in [2.05, 4.69) is 5.32 Å². The van der Waals surface area contributed by atoms with E-state index in [1.807, 2.05) is 0 Å². The van der Waals surface area contributed by atoms with Crippen molar-refractivity contribution in [1.82, 2.24) is 5.32 Å². The molecule has 1 amide bonds. The molecule has 8 rings (SSSR count). The van der Waals surface area contributed by atoms with Crippen LogP contribution in [0.2, 0.25) is 0 Å². The average molecular weight is 1000 g/mol. The fraction of sp³-hybridized carbons (Fsp3) is 0.370. The highest BCUT2D eigenvalue weighted by molar-refractivity contribution is 5.96. The molecular formula is C54H53NO18. The minimum absolute atomic E-state index is 0.00267. The van der Waals surface area contributed by atoms with Crippen LogP contribution in [-0.4, -0.2) is 111 Å². The first-order chi connectivity index (χ1) is 34.5. The molecule has 4 aliphatic rings. The summed E-state index contributed by atoms with van der Waals surface area (Å²) in [5.41, 5.74) is -6.30. The Morgan fingerprint density at radius 1 is 0.753 bits per heavy atom. The van der Waals surface area contributed by atoms with Gasteiger partial charge in [-0.2, -0.15) is 0 Å². The second kappa shape index (κ2) is 19.7. The van der Waals surface area contributed by atoms with Gasteiger partial charge < -0.3 is 53.8 Å². The zero-order valence-electron chi connectivity index (χ0n) is 40.5. The van der Waals surface area contributed by atoms with Gasteiger partial charge in [0.25, 0.3) is 5.91 Å². The fourth-order valence-corrected chi connectivity index (χ4v) is 10.7. The first-order valence-corrected chi connectivity index (χ1v) is 23.3. The summed E-state index contributed by atoms with van der Waals surface area (Å²) >= 11 is 0. The molecule has 3 aliphatic carbocycles. The predicted octanol–water partition coefficient (Wildman–Crippen LogP) is 5.61. The number of hydrogen-bond acceptors (Lipinski definition) is 17. The van der Waals surface area contributed by atoms with E-state index in [4.69, 9.17) is 33.2 Å². The molecule has 11 atom stereocenters. The molecule has 3 fully saturated rings. The standard InChI is InChI=1S/C54H53NO18/c1-28-36(69-49(64)42(70-50(65)68-35-24-22-33(23-25-35)47(61)62)40(31-16-10-7-11-17-31)55-46(60)32-18-12-8-13-19-32)27-53(66)45(71-48(63)34-20-14-9-15-21-34)43-52(6,37(58)26-38-54(43,73-38)72-30(3)57)44(59)41(67-29(2)56)39(28)51(53,4)5/h7-25,36-38,40-43,45,58,66H,26-27H2,1-6H3,(H,55,60)(H,61,62)/t36-,37-,38+,40-,41+,42+,43-,45-,52+,53+,54+/m0/s1. The maximum absolute atomic E-state index is 15.6. The van der Waals surface area contributed by atoms with Gasteiger partial charge in [0.1, 0.15) is 35.7 Å². The number of ether oxygens (including phenoxy) is 7. The van der Waals surface area contributed by atoms with E-state index in [0.717, 1.165) is 26.0 Å². The van der Waals surface area contributed by atoms with E-state index in [9.17, 15) is 44.1 Å². The van der Waals surface area contributed by atoms with E-state index < -0.39 is 125 Å². The molecule has 4 aromatic rings. The number of carbonyl (C=O) groups excluding carboxylic acids is 7. The van der Waals surface area contributed by atoms with Crippen molar-refractivity contribution in [2.75, 3.05) is 0 Å². The molecule has 382 valence electrons. The lowest BCUT2D eigenvalue weighted by Gasteiger charge is -2.60. The number of carboxylic acids is 1. The van der Waals surface area contributed by atoms with Gasteiger partial charge in [-0.1, -0.05) is 80.6 Å². The van der Waals surface area contributed by atoms with Crippen molar-refractivity contribution < 1.29 is 86.8 Å². The Morgan fingerprint density at radius 2 is 1.34 bits per heavy atom. The second-order valence-electron chi connectivity index (χ2n) is 19.2. The number of aliphatic hydroxyl groups is 2. The van der Waals surface area contributed by atoms with E-state index in [0.29, 0.717) is 0 Å². The zero-order chi connectivity index (χ0) is 52.8. The Balaban J connectivity index is 1.28. The van der Waals surface area contributed by atoms with E-state index in [-0.39, 0.29) is 45.6 Å². The number of epoxide rings is 1. The zero-order valence-corrected chi connectivity index (χ0v) is 40.5. The minimum atomic E-state index is -2.54. The van der Waals surface area contributed by atoms with Crippen LogP contribution in [0, 0.1) is 16.7 Å². The third-order valence-corrected chi connectivity index (χ3v) is 14.5. The molecule has 1 saturated heterocycles. The second-order valence-corrected chi connectivity index (χ2v) is 19.2. The molecule has 0 radical (unpaired) electrons. The summed E-state index contributed by atoms with van der Waals surface area (Å²) in [4.78, 5) is 111. The van der Waals surface area contributed by atoms with E-state index >= 15 is 9.59 Å². The third kappa shape index (κ3) is 9.46. The van der Waals surface area contributed by atoms with Crippen molar-refractivity contribution in [2.45, 2.75) is 108 Å². The number of Topliss-reactive ketones (excluding diaryl/α,β-unsaturated/α-hetero) is 1. The molecule has 1 aliphatic heterocycles. The third-order valence-electron chi connectivity index (χ3n) is 14.5. The van der Waals surface area contributed by atoms with Crippen LogP contribution in [0.25, 0.3) is 0 Å². The number of fused-ring (bicyclic) bond motifs is 5. The van der Waals surface area contributed by atoms with Crippen molar-refractivity contribution in [3.05, 3.63) is 149 Å². The lowest BCUT2D eigenvalue weighted by Crippen LogP contribution is -2.74. The molecule has 4 N–H and O–H groups in total. The topological polar surface area (TPSA) is 277 Å². The number of esters is 4. The maximum Gasteiger partial charge on any atom is 0.514 e. The van der Waals surface area contributed by atoms with Crippen LogP contribution in [0.15, 0.2) is 126 Å². The number of benzene rings is 4. The molecular weight excluding hydrogens is 951 g/mol. The van der Waals surface area contributed by atoms with Gasteiger partial charge in [-0.05, 0) is 79.1 Å². The normalized spacial score (nSPS) is 28.4. The summed E-state index contributed by atoms with van der Waals surface area (Å²) in [6.45, 7) is 7.90. The number of rotatable bonds is 13. The number of ketones is 1. The molecule has 73 heavy (non-hydrogen) atoms. The molecule has 0 unspecified atom stereocenters. The Bertz CT molecular complexity index is 2870. The van der Waals surface area contributed by atoms with Crippen molar-refractivity contribution in [3.63, 3.8) is 0 Å². The Morgan fingerprint density at radius 3 is 1.92 bits per heavy atom. The quantitative estimate of drug-likeness (QED) is 0.0416. The van der Waals surface area contributed by atoms with Crippen LogP contribution in [0.4, 0.5) is 4.79 Å². The van der Waals surface area contributed by atoms with Gasteiger partial charge in [0, 0.05) is 37.7 Å². The minimum Gasteiger partial charge on any atom is -0.478 e. The average Bonchev–Trinajstić information content (AvgIpc) is 4.04. The molecule has 4 aromatic carbocycles. The molecule has 1 heterocycles. The molecule has 2 saturated carbocycles. The van der Waals surface area contributed by atoms with Crippen molar-refractivity contribution >= 4 is 47.7 Å². The largest absolute Gasteiger partial charge is 0.514 e. The number of aliphatic hydroxyl groups excluding tert-OH is 1. The van der Waals surface area contributed by atoms with Gasteiger partial charge in [-0.15, -0.1) is 0 Å². The maximum atomic E-state index is 15.6. The highest BCUT2D eigenvalue weighted by Crippen LogP contribution is 2.67. The summed E-state index contributed by atoms with van der Waals surface area (Å²) in [7, 11) is 0. The summed E-state index contributed by atoms with van der Waals surface area (Å²) < 4.78 is 41.7. The van der Waals surface area contributed by atoms with Crippen LogP contribution in [0.1, 0.15) is 97.1 Å². The van der Waals surface area contributed by atoms with Crippen molar-refractivity contribution in [1.29, 1.82) is 0 Å². The number of aromatic carboxylic acids is 1. The van der Waals surface area contributed by atoms with Crippen LogP contribution < -0.4 is 10.1 Å². The van der Waals surface area contributed by atoms with Gasteiger partial charge in [-0.3, -0.25) is 19.2 Å². The molecule has 0 spiro atoms. The van der Waals surface area contributed by atoms with Crippen molar-refractivity contribution in [3.8, 4) is 5.75 Å². The number of carbonyl (C=O) groups is 8. The van der Waals surface area contributed by atoms with Crippen LogP contribution >= 0.6 is 0 Å². The van der Waals surface area contributed by atoms with Crippen molar-refractivity contribution in [2.24, 2.45) is 16.7 Å². The van der Waals surface area contributed by atoms with Gasteiger partial charge in [0.2, 0.25) is 11.9 Å². The molecule has 2 bridgehead atoms. The number of nitrogens with one attached hydrogen (secondary N) is 1. The molecule has 19 heteroatoms. The van der Waals surface area contributed by atoms with Crippen LogP contribution in [0.3, 0.4) is 0 Å². The predicted molar refractivity (Wildman–Crippen MR) is 251 cm³/mol. The highest BCUT2D eigenvalue weighted by atomic mass is 16.8. The number of carboxylic acid groups (broad SMARTS) is 1. The number of hydrogen-bond donors (Lipinski definition) is 4. The highest BCUT2D eigenvalue weighted by Gasteiger charge is 2.82. The number of amides is 1. The Hall–Kier alpha value is -7.74. The van der Waals surface area contributed by atoms with Gasteiger partial charge in [0.15, 0.2) is 11.9 Å². The van der Waals surface area contributed by atoms with Gasteiger partial charge in [-0.25, -0.2) is 19.2 Å². The van der Waals surface area contributed by atoms with E-state index in [1.165, 1.54) is 76.2 Å². The van der Waals surface area contributed by atoms with Gasteiger partial charge in [0.05, 0.1) is 28.6 Å². The summed E-state index contributed by atoms with van der Waals surface area (Å²) in [5.74, 6) is -11.1. The first kappa shape index (κ1) is 51.6. The van der Waals surface area contributed by atoms with E-state index in [1.54, 1.807) is 54.6 Å². The Kier molecular flexibility index (Phi) is 13.9. The lowest BCUT2D eigenvalue weighted by atomic mass is 9.47. The molecule has 19 nitrogen and oxygen atoms in total. The monoisotopic (exact) mass is 1000 g/mol. The lowest BCUT2D eigenvalue weighted by molar-refractivity contribution is -0.252. The summed E-state index contributed by atoms with van der Waals surface area (Å²) in [6, 6.07) is 26.6. The SMILES string of the molecule is CC(=O)O[C@H]1C(=O)[C@@]2(C)[C@H]([C@H](OC(=O)c3ccccc3)[C@]3(O)C[C@H](OC(=O)[C@H](OC(=O)Oc4ccc(C(=O)O)cc4)[C@@H](NC(=O)c4ccccc4)c4ccccc4)C(C)=C1C3(C)C)[C@]1(OC(C)=O)O[C@@H]1C[C@@H]2O. The fourth-order valence-electron chi connectivity index (χ4n) is 10.7. The summed E-state index contributed by atoms with van der Waals surface area (Å²) in [6.07, 6.45) is -12.9. The summed E-state index contributed by atoms with van der Waals surface area (Å²) in [5, 5.41) is 38.1. The smallest absolute Gasteiger partial charge is 0.478 e. The first-order valence-electron chi connectivity index (χ1n) is 23.3. The van der Waals surface area contributed by atoms with Gasteiger partial charge >= 0.3 is 36.0 Å². The van der Waals surface area contributed by atoms with Crippen LogP contribution in [-0.2, 0) is 47.6 Å².